The van der Waals surface area contributed by atoms with E-state index in [1.165, 1.54) is 35.9 Å². The summed E-state index contributed by atoms with van der Waals surface area (Å²) in [7, 11) is 0. The molecule has 0 radical (unpaired) electrons. The maximum atomic E-state index is 11.7. The summed E-state index contributed by atoms with van der Waals surface area (Å²) in [5.41, 5.74) is 2.31. The van der Waals surface area contributed by atoms with Gasteiger partial charge in [0.15, 0.2) is 12.4 Å². The normalized spacial score (nSPS) is 10.7. The van der Waals surface area contributed by atoms with Gasteiger partial charge in [0.1, 0.15) is 0 Å². The molecule has 2 aromatic heterocycles. The van der Waals surface area contributed by atoms with Gasteiger partial charge in [-0.1, -0.05) is 47.8 Å². The molecule has 2 heterocycles. The van der Waals surface area contributed by atoms with Crippen molar-refractivity contribution in [1.29, 1.82) is 0 Å². The molecule has 6 heteroatoms. The number of nitrogens with zero attached hydrogens (tertiary/aromatic N) is 2. The van der Waals surface area contributed by atoms with Gasteiger partial charge in [-0.2, -0.15) is 9.46 Å². The van der Waals surface area contributed by atoms with Gasteiger partial charge in [0.25, 0.3) is 10.1 Å². The van der Waals surface area contributed by atoms with Crippen LogP contribution < -0.4 is 9.46 Å². The van der Waals surface area contributed by atoms with Crippen molar-refractivity contribution in [2.45, 2.75) is 21.6 Å². The summed E-state index contributed by atoms with van der Waals surface area (Å²) in [5.74, 6) is 1.47. The Labute approximate surface area is 149 Å². The number of pyridine rings is 2. The maximum Gasteiger partial charge on any atom is 0.251 e. The summed E-state index contributed by atoms with van der Waals surface area (Å²) < 4.78 is 1.76. The van der Waals surface area contributed by atoms with E-state index in [1.807, 2.05) is 30.3 Å². The zero-order valence-corrected chi connectivity index (χ0v) is 14.5. The molecule has 122 valence electrons. The van der Waals surface area contributed by atoms with E-state index in [1.54, 1.807) is 12.1 Å². The van der Waals surface area contributed by atoms with Crippen molar-refractivity contribution < 1.29 is 9.46 Å². The Balaban J connectivity index is 1.62. The number of thioether (sulfide) groups is 2. The first kappa shape index (κ1) is 16.7. The van der Waals surface area contributed by atoms with E-state index < -0.39 is 0 Å². The molecule has 0 saturated heterocycles. The first-order valence-electron chi connectivity index (χ1n) is 7.42. The molecule has 3 aromatic rings. The number of rotatable bonds is 6. The summed E-state index contributed by atoms with van der Waals surface area (Å²) >= 11 is 3.03. The molecule has 0 spiro atoms. The second-order valence-corrected chi connectivity index (χ2v) is 7.12. The lowest BCUT2D eigenvalue weighted by Crippen LogP contribution is -2.27. The molecule has 0 unspecified atom stereocenters. The first-order chi connectivity index (χ1) is 11.7. The SMILES string of the molecule is [O-][n+]1ccccc1SCc1cccc(CSc2cccc[n+]2[O-])c1. The zero-order chi connectivity index (χ0) is 16.8. The van der Waals surface area contributed by atoms with Crippen molar-refractivity contribution in [3.63, 3.8) is 0 Å². The minimum absolute atomic E-state index is 0.689. The number of hydrogen-bond acceptors (Lipinski definition) is 4. The molecule has 0 aliphatic rings. The molecule has 0 amide bonds. The Kier molecular flexibility index (Phi) is 5.61. The van der Waals surface area contributed by atoms with Gasteiger partial charge in [0.05, 0.1) is 0 Å². The molecule has 0 bridgehead atoms. The minimum Gasteiger partial charge on any atom is -0.618 e. The van der Waals surface area contributed by atoms with Gasteiger partial charge in [0, 0.05) is 35.8 Å². The summed E-state index contributed by atoms with van der Waals surface area (Å²) in [6, 6.07) is 19.0. The van der Waals surface area contributed by atoms with E-state index in [-0.39, 0.29) is 0 Å². The fourth-order valence-electron chi connectivity index (χ4n) is 2.17. The molecular formula is C18H16N2O2S2. The van der Waals surface area contributed by atoms with Gasteiger partial charge in [-0.3, -0.25) is 0 Å². The average Bonchev–Trinajstić information content (AvgIpc) is 2.61. The molecule has 1 aromatic carbocycles. The van der Waals surface area contributed by atoms with Crippen molar-refractivity contribution in [3.8, 4) is 0 Å². The smallest absolute Gasteiger partial charge is 0.251 e. The third kappa shape index (κ3) is 4.43. The zero-order valence-electron chi connectivity index (χ0n) is 12.9. The van der Waals surface area contributed by atoms with Crippen LogP contribution in [0.1, 0.15) is 11.1 Å². The predicted octanol–water partition coefficient (Wildman–Crippen LogP) is 3.54. The highest BCUT2D eigenvalue weighted by molar-refractivity contribution is 7.98. The summed E-state index contributed by atoms with van der Waals surface area (Å²) in [6.07, 6.45) is 3.01. The van der Waals surface area contributed by atoms with Crippen LogP contribution in [0.15, 0.2) is 83.1 Å². The number of hydrogen-bond donors (Lipinski definition) is 0. The van der Waals surface area contributed by atoms with E-state index in [2.05, 4.69) is 18.2 Å². The van der Waals surface area contributed by atoms with Crippen LogP contribution in [0.5, 0.6) is 0 Å². The fourth-order valence-corrected chi connectivity index (χ4v) is 3.89. The molecule has 0 N–H and O–H groups in total. The minimum atomic E-state index is 0.689. The molecule has 3 rings (SSSR count). The quantitative estimate of drug-likeness (QED) is 0.385. The van der Waals surface area contributed by atoms with Crippen molar-refractivity contribution in [2.24, 2.45) is 0 Å². The number of benzene rings is 1. The molecule has 0 aliphatic heterocycles. The van der Waals surface area contributed by atoms with Gasteiger partial charge in [-0.25, -0.2) is 0 Å². The maximum absolute atomic E-state index is 11.7. The molecule has 4 nitrogen and oxygen atoms in total. The third-order valence-electron chi connectivity index (χ3n) is 3.34. The lowest BCUT2D eigenvalue weighted by molar-refractivity contribution is -0.645. The molecule has 24 heavy (non-hydrogen) atoms. The van der Waals surface area contributed by atoms with E-state index in [0.29, 0.717) is 10.1 Å². The largest absolute Gasteiger partial charge is 0.618 e. The topological polar surface area (TPSA) is 53.9 Å². The second-order valence-electron chi connectivity index (χ2n) is 5.13. The van der Waals surface area contributed by atoms with Crippen LogP contribution in [0, 0.1) is 10.4 Å². The lowest BCUT2D eigenvalue weighted by atomic mass is 10.2. The highest BCUT2D eigenvalue weighted by Crippen LogP contribution is 2.23. The molecular weight excluding hydrogens is 340 g/mol. The van der Waals surface area contributed by atoms with E-state index >= 15 is 0 Å². The Morgan fingerprint density at radius 3 is 1.62 bits per heavy atom. The van der Waals surface area contributed by atoms with Crippen molar-refractivity contribution in [1.82, 2.24) is 0 Å². The molecule has 0 atom stereocenters. The van der Waals surface area contributed by atoms with E-state index in [9.17, 15) is 10.4 Å². The molecule has 0 aliphatic carbocycles. The van der Waals surface area contributed by atoms with Crippen LogP contribution >= 0.6 is 23.5 Å². The van der Waals surface area contributed by atoms with Crippen molar-refractivity contribution >= 4 is 23.5 Å². The predicted molar refractivity (Wildman–Crippen MR) is 96.4 cm³/mol. The van der Waals surface area contributed by atoms with Crippen LogP contribution in [-0.4, -0.2) is 0 Å². The van der Waals surface area contributed by atoms with Gasteiger partial charge < -0.3 is 10.4 Å². The van der Waals surface area contributed by atoms with Crippen LogP contribution in [0.4, 0.5) is 0 Å². The Morgan fingerprint density at radius 2 is 1.17 bits per heavy atom. The number of aromatic nitrogens is 2. The Morgan fingerprint density at radius 1 is 0.667 bits per heavy atom. The first-order valence-corrected chi connectivity index (χ1v) is 9.39. The van der Waals surface area contributed by atoms with Crippen molar-refractivity contribution in [2.75, 3.05) is 0 Å². The molecule has 0 saturated carbocycles. The van der Waals surface area contributed by atoms with Crippen LogP contribution in [-0.2, 0) is 11.5 Å². The molecule has 0 fully saturated rings. The standard InChI is InChI=1S/C18H16N2O2S2/c21-19-10-3-1-8-17(19)23-13-15-6-5-7-16(12-15)14-24-18-9-2-4-11-20(18)22/h1-12H,13-14H2. The van der Waals surface area contributed by atoms with Crippen LogP contribution in [0.2, 0.25) is 0 Å². The van der Waals surface area contributed by atoms with Crippen LogP contribution in [0.3, 0.4) is 0 Å². The van der Waals surface area contributed by atoms with Gasteiger partial charge in [-0.05, 0) is 23.3 Å². The van der Waals surface area contributed by atoms with E-state index in [0.717, 1.165) is 32.1 Å². The summed E-state index contributed by atoms with van der Waals surface area (Å²) in [5, 5.41) is 24.7. The van der Waals surface area contributed by atoms with E-state index in [4.69, 9.17) is 0 Å². The monoisotopic (exact) mass is 356 g/mol. The van der Waals surface area contributed by atoms with Gasteiger partial charge in [-0.15, -0.1) is 0 Å². The Bertz CT molecular complexity index is 763. The average molecular weight is 356 g/mol. The lowest BCUT2D eigenvalue weighted by Gasteiger charge is -2.06. The van der Waals surface area contributed by atoms with Gasteiger partial charge >= 0.3 is 0 Å². The summed E-state index contributed by atoms with van der Waals surface area (Å²) in [4.78, 5) is 0. The summed E-state index contributed by atoms with van der Waals surface area (Å²) in [6.45, 7) is 0. The Hall–Kier alpha value is -2.18. The van der Waals surface area contributed by atoms with Crippen LogP contribution in [0.25, 0.3) is 0 Å². The van der Waals surface area contributed by atoms with Gasteiger partial charge in [0.2, 0.25) is 0 Å². The van der Waals surface area contributed by atoms with Crippen molar-refractivity contribution in [3.05, 3.63) is 94.6 Å². The highest BCUT2D eigenvalue weighted by atomic mass is 32.2. The fraction of sp³-hybridized carbons (Fsp3) is 0.111. The second kappa shape index (κ2) is 8.08. The third-order valence-corrected chi connectivity index (χ3v) is 5.52. The highest BCUT2D eigenvalue weighted by Gasteiger charge is 2.07.